The zero-order valence-electron chi connectivity index (χ0n) is 35.4. The van der Waals surface area contributed by atoms with Crippen molar-refractivity contribution in [1.82, 2.24) is 35.7 Å². The highest BCUT2D eigenvalue weighted by atomic mass is 32.1. The van der Waals surface area contributed by atoms with Crippen molar-refractivity contribution in [1.29, 1.82) is 0 Å². The minimum Gasteiger partial charge on any atom is -0.453 e. The molecule has 3 heterocycles. The number of carbonyl (C=O) groups excluding carboxylic acids is 4. The first-order chi connectivity index (χ1) is 27.9. The lowest BCUT2D eigenvalue weighted by Gasteiger charge is -2.38. The standard InChI is InChI=1S/C45H59N7O6S/c1-29-47-35(28-59-29)27-51-21-22-52(43(51)57)39(45(5,6)7)41(55)48-34(23-30-13-10-9-11-14-30)25-37(53)36(49-40(54)38(44(2,3)4)50-42(56)58-8)24-31-16-18-32(19-17-31)33-15-12-20-46-26-33/h9-20,26,28,34,36-39,53H,21-25,27H2,1-8H3,(H,48,55)(H,49,54)(H,50,56). The van der Waals surface area contributed by atoms with Crippen LogP contribution >= 0.6 is 11.3 Å². The van der Waals surface area contributed by atoms with Gasteiger partial charge in [0.05, 0.1) is 36.5 Å². The van der Waals surface area contributed by atoms with Crippen LogP contribution in [0.15, 0.2) is 84.5 Å². The Kier molecular flexibility index (Phi) is 14.9. The van der Waals surface area contributed by atoms with Crippen LogP contribution < -0.4 is 16.0 Å². The predicted molar refractivity (Wildman–Crippen MR) is 229 cm³/mol. The van der Waals surface area contributed by atoms with Crippen LogP contribution in [0.2, 0.25) is 0 Å². The maximum atomic E-state index is 14.5. The van der Waals surface area contributed by atoms with Gasteiger partial charge in [-0.15, -0.1) is 11.3 Å². The van der Waals surface area contributed by atoms with Crippen LogP contribution in [0.1, 0.15) is 69.8 Å². The number of hydrogen-bond donors (Lipinski definition) is 4. The number of pyridine rings is 1. The quantitative estimate of drug-likeness (QED) is 0.105. The zero-order chi connectivity index (χ0) is 42.9. The number of hydrogen-bond acceptors (Lipinski definition) is 9. The van der Waals surface area contributed by atoms with E-state index in [0.29, 0.717) is 26.1 Å². The highest BCUT2D eigenvalue weighted by molar-refractivity contribution is 7.09. The molecule has 0 spiro atoms. The number of methoxy groups -OCH3 is 1. The van der Waals surface area contributed by atoms with Crippen LogP contribution in [0, 0.1) is 17.8 Å². The molecule has 4 N–H and O–H groups in total. The highest BCUT2D eigenvalue weighted by Gasteiger charge is 2.44. The van der Waals surface area contributed by atoms with Crippen molar-refractivity contribution in [2.45, 2.75) is 105 Å². The third-order valence-corrected chi connectivity index (χ3v) is 11.3. The third-order valence-electron chi connectivity index (χ3n) is 10.5. The summed E-state index contributed by atoms with van der Waals surface area (Å²) in [5.74, 6) is -0.813. The summed E-state index contributed by atoms with van der Waals surface area (Å²) in [7, 11) is 1.24. The second-order valence-corrected chi connectivity index (χ2v) is 18.5. The van der Waals surface area contributed by atoms with Crippen LogP contribution in [-0.2, 0) is 33.7 Å². The Balaban J connectivity index is 1.41. The minimum absolute atomic E-state index is 0.0735. The molecule has 5 amide bonds. The first-order valence-corrected chi connectivity index (χ1v) is 20.9. The molecule has 59 heavy (non-hydrogen) atoms. The van der Waals surface area contributed by atoms with Gasteiger partial charge in [0.25, 0.3) is 0 Å². The molecule has 13 nitrogen and oxygen atoms in total. The van der Waals surface area contributed by atoms with E-state index >= 15 is 0 Å². The van der Waals surface area contributed by atoms with E-state index in [1.54, 1.807) is 22.2 Å². The Morgan fingerprint density at radius 3 is 2.14 bits per heavy atom. The van der Waals surface area contributed by atoms with E-state index in [2.05, 4.69) is 25.9 Å². The van der Waals surface area contributed by atoms with Gasteiger partial charge in [0, 0.05) is 36.9 Å². The molecular formula is C45H59N7O6S. The Bertz CT molecular complexity index is 2010. The van der Waals surface area contributed by atoms with E-state index in [-0.39, 0.29) is 24.8 Å². The number of aliphatic hydroxyl groups excluding tert-OH is 1. The summed E-state index contributed by atoms with van der Waals surface area (Å²) in [4.78, 5) is 67.0. The predicted octanol–water partition coefficient (Wildman–Crippen LogP) is 6.14. The fraction of sp³-hybridized carbons (Fsp3) is 0.467. The summed E-state index contributed by atoms with van der Waals surface area (Å²) in [6.07, 6.45) is 2.32. The van der Waals surface area contributed by atoms with Crippen molar-refractivity contribution in [2.24, 2.45) is 10.8 Å². The molecule has 4 aromatic rings. The SMILES string of the molecule is COC(=O)NC(C(=O)NC(Cc1ccc(-c2cccnc2)cc1)C(O)CC(Cc1ccccc1)NC(=O)C(N1CCN(Cc2csc(C)n2)C1=O)C(C)(C)C)C(C)(C)C. The number of urea groups is 1. The summed E-state index contributed by atoms with van der Waals surface area (Å²) in [6.45, 7) is 14.5. The van der Waals surface area contributed by atoms with Crippen molar-refractivity contribution >= 4 is 35.3 Å². The van der Waals surface area contributed by atoms with Crippen molar-refractivity contribution < 1.29 is 29.0 Å². The van der Waals surface area contributed by atoms with E-state index < -0.39 is 53.1 Å². The summed E-state index contributed by atoms with van der Waals surface area (Å²) >= 11 is 1.53. The molecule has 1 aliphatic rings. The zero-order valence-corrected chi connectivity index (χ0v) is 36.2. The van der Waals surface area contributed by atoms with E-state index in [1.807, 2.05) is 121 Å². The van der Waals surface area contributed by atoms with E-state index in [0.717, 1.165) is 33.0 Å². The third kappa shape index (κ3) is 12.3. The highest BCUT2D eigenvalue weighted by Crippen LogP contribution is 2.30. The van der Waals surface area contributed by atoms with Crippen LogP contribution in [0.25, 0.3) is 11.1 Å². The number of aliphatic hydroxyl groups is 1. The topological polar surface area (TPSA) is 166 Å². The number of rotatable bonds is 16. The van der Waals surface area contributed by atoms with Gasteiger partial charge in [-0.1, -0.05) is 102 Å². The first kappa shape index (κ1) is 44.8. The van der Waals surface area contributed by atoms with Crippen LogP contribution in [0.5, 0.6) is 0 Å². The molecule has 1 fully saturated rings. The van der Waals surface area contributed by atoms with Gasteiger partial charge in [-0.25, -0.2) is 14.6 Å². The molecule has 2 aromatic heterocycles. The number of nitrogens with one attached hydrogen (secondary N) is 3. The number of benzene rings is 2. The van der Waals surface area contributed by atoms with Gasteiger partial charge < -0.3 is 35.6 Å². The lowest BCUT2D eigenvalue weighted by molar-refractivity contribution is -0.130. The second kappa shape index (κ2) is 19.6. The lowest BCUT2D eigenvalue weighted by Crippen LogP contribution is -2.59. The Morgan fingerprint density at radius 2 is 1.54 bits per heavy atom. The molecule has 5 rings (SSSR count). The molecular weight excluding hydrogens is 767 g/mol. The number of nitrogens with zero attached hydrogens (tertiary/aromatic N) is 4. The molecule has 5 atom stereocenters. The minimum atomic E-state index is -1.15. The summed E-state index contributed by atoms with van der Waals surface area (Å²) in [6, 6.07) is 17.9. The van der Waals surface area contributed by atoms with Gasteiger partial charge in [0.2, 0.25) is 11.8 Å². The summed E-state index contributed by atoms with van der Waals surface area (Å²) < 4.78 is 4.83. The first-order valence-electron chi connectivity index (χ1n) is 20.1. The van der Waals surface area contributed by atoms with Crippen LogP contribution in [0.3, 0.4) is 0 Å². The van der Waals surface area contributed by atoms with Gasteiger partial charge in [0.15, 0.2) is 0 Å². The van der Waals surface area contributed by atoms with Gasteiger partial charge in [-0.05, 0) is 65.3 Å². The van der Waals surface area contributed by atoms with Gasteiger partial charge in [0.1, 0.15) is 12.1 Å². The number of alkyl carbamates (subject to hydrolysis) is 1. The average molecular weight is 826 g/mol. The molecule has 14 heteroatoms. The fourth-order valence-corrected chi connectivity index (χ4v) is 8.12. The van der Waals surface area contributed by atoms with Gasteiger partial charge in [-0.3, -0.25) is 14.6 Å². The molecule has 0 bridgehead atoms. The van der Waals surface area contributed by atoms with Crippen molar-refractivity contribution in [2.75, 3.05) is 20.2 Å². The fourth-order valence-electron chi connectivity index (χ4n) is 7.52. The maximum Gasteiger partial charge on any atom is 0.407 e. The van der Waals surface area contributed by atoms with Gasteiger partial charge >= 0.3 is 12.1 Å². The summed E-state index contributed by atoms with van der Waals surface area (Å²) in [5, 5.41) is 24.0. The number of thiazole rings is 1. The Hall–Kier alpha value is -5.34. The molecule has 0 radical (unpaired) electrons. The Labute approximate surface area is 352 Å². The molecule has 0 aliphatic carbocycles. The summed E-state index contributed by atoms with van der Waals surface area (Å²) in [5.41, 5.74) is 3.21. The molecule has 5 unspecified atom stereocenters. The smallest absolute Gasteiger partial charge is 0.407 e. The molecule has 316 valence electrons. The number of aryl methyl sites for hydroxylation is 1. The van der Waals surface area contributed by atoms with Crippen molar-refractivity contribution in [3.8, 4) is 11.1 Å². The van der Waals surface area contributed by atoms with E-state index in [9.17, 15) is 24.3 Å². The number of ether oxygens (including phenoxy) is 1. The number of aromatic nitrogens is 2. The van der Waals surface area contributed by atoms with Crippen molar-refractivity contribution in [3.05, 3.63) is 106 Å². The average Bonchev–Trinajstić information content (AvgIpc) is 3.76. The lowest BCUT2D eigenvalue weighted by atomic mass is 9.84. The molecule has 1 aliphatic heterocycles. The van der Waals surface area contributed by atoms with Crippen LogP contribution in [-0.4, -0.2) is 99.3 Å². The number of amides is 5. The molecule has 2 aromatic carbocycles. The molecule has 1 saturated heterocycles. The maximum absolute atomic E-state index is 14.5. The Morgan fingerprint density at radius 1 is 0.847 bits per heavy atom. The van der Waals surface area contributed by atoms with Crippen molar-refractivity contribution in [3.63, 3.8) is 0 Å². The largest absolute Gasteiger partial charge is 0.453 e. The second-order valence-electron chi connectivity index (χ2n) is 17.4. The number of carbonyl (C=O) groups is 4. The van der Waals surface area contributed by atoms with E-state index in [4.69, 9.17) is 4.74 Å². The van der Waals surface area contributed by atoms with Gasteiger partial charge in [-0.2, -0.15) is 0 Å². The monoisotopic (exact) mass is 825 g/mol. The molecule has 0 saturated carbocycles. The van der Waals surface area contributed by atoms with E-state index in [1.165, 1.54) is 18.4 Å². The normalized spacial score (nSPS) is 15.8. The van der Waals surface area contributed by atoms with Crippen LogP contribution in [0.4, 0.5) is 9.59 Å².